The minimum atomic E-state index is -0.0350. The molecule has 1 aromatic carbocycles. The Balaban J connectivity index is 1.64. The number of carbonyl (C=O) groups excluding carboxylic acids is 2. The first kappa shape index (κ1) is 12.0. The van der Waals surface area contributed by atoms with Crippen LogP contribution in [-0.4, -0.2) is 42.9 Å². The smallest absolute Gasteiger partial charge is 0.223 e. The predicted octanol–water partition coefficient (Wildman–Crippen LogP) is 1.26. The zero-order valence-electron chi connectivity index (χ0n) is 10.6. The van der Waals surface area contributed by atoms with Crippen LogP contribution < -0.4 is 9.47 Å². The third-order valence-electron chi connectivity index (χ3n) is 3.23. The summed E-state index contributed by atoms with van der Waals surface area (Å²) in [6, 6.07) is 5.16. The molecule has 0 saturated carbocycles. The minimum absolute atomic E-state index is 0.0350. The fourth-order valence-electron chi connectivity index (χ4n) is 2.04. The van der Waals surface area contributed by atoms with Gasteiger partial charge in [0, 0.05) is 31.5 Å². The molecule has 0 unspecified atom stereocenters. The van der Waals surface area contributed by atoms with Crippen LogP contribution >= 0.6 is 0 Å². The Morgan fingerprint density at radius 3 is 2.53 bits per heavy atom. The van der Waals surface area contributed by atoms with Crippen LogP contribution in [0.4, 0.5) is 0 Å². The largest absolute Gasteiger partial charge is 0.486 e. The highest BCUT2D eigenvalue weighted by Crippen LogP contribution is 2.31. The molecule has 5 nitrogen and oxygen atoms in total. The van der Waals surface area contributed by atoms with Gasteiger partial charge in [-0.1, -0.05) is 0 Å². The molecule has 2 heterocycles. The molecule has 100 valence electrons. The molecule has 0 N–H and O–H groups in total. The topological polar surface area (TPSA) is 55.6 Å². The molecule has 2 aliphatic heterocycles. The SMILES string of the molecule is O=C(CCC(=O)N1CC1)c1ccc2c(c1)OCCO2. The third-order valence-corrected chi connectivity index (χ3v) is 3.23. The van der Waals surface area contributed by atoms with Gasteiger partial charge in [-0.25, -0.2) is 0 Å². The summed E-state index contributed by atoms with van der Waals surface area (Å²) < 4.78 is 10.8. The van der Waals surface area contributed by atoms with Crippen molar-refractivity contribution in [3.63, 3.8) is 0 Å². The number of amides is 1. The van der Waals surface area contributed by atoms with Gasteiger partial charge >= 0.3 is 0 Å². The summed E-state index contributed by atoms with van der Waals surface area (Å²) in [5.41, 5.74) is 0.572. The fourth-order valence-corrected chi connectivity index (χ4v) is 2.04. The number of hydrogen-bond donors (Lipinski definition) is 0. The van der Waals surface area contributed by atoms with E-state index in [0.717, 1.165) is 13.1 Å². The van der Waals surface area contributed by atoms with Crippen LogP contribution in [-0.2, 0) is 4.79 Å². The summed E-state index contributed by atoms with van der Waals surface area (Å²) in [5.74, 6) is 1.30. The lowest BCUT2D eigenvalue weighted by atomic mass is 10.1. The third kappa shape index (κ3) is 2.70. The summed E-state index contributed by atoms with van der Waals surface area (Å²) in [6.07, 6.45) is 0.530. The Hall–Kier alpha value is -2.04. The first-order valence-electron chi connectivity index (χ1n) is 6.45. The monoisotopic (exact) mass is 261 g/mol. The van der Waals surface area contributed by atoms with Crippen LogP contribution in [0, 0.1) is 0 Å². The Kier molecular flexibility index (Phi) is 3.11. The van der Waals surface area contributed by atoms with Crippen LogP contribution in [0.3, 0.4) is 0 Å². The molecule has 0 radical (unpaired) electrons. The molecule has 0 atom stereocenters. The van der Waals surface area contributed by atoms with E-state index in [9.17, 15) is 9.59 Å². The van der Waals surface area contributed by atoms with Gasteiger partial charge in [-0.2, -0.15) is 0 Å². The van der Waals surface area contributed by atoms with E-state index in [1.807, 2.05) is 0 Å². The number of ketones is 1. The van der Waals surface area contributed by atoms with Gasteiger partial charge in [-0.3, -0.25) is 9.59 Å². The molecular weight excluding hydrogens is 246 g/mol. The number of nitrogens with zero attached hydrogens (tertiary/aromatic N) is 1. The zero-order valence-corrected chi connectivity index (χ0v) is 10.6. The summed E-state index contributed by atoms with van der Waals surface area (Å²) in [4.78, 5) is 25.2. The van der Waals surface area contributed by atoms with Crippen molar-refractivity contribution >= 4 is 11.7 Å². The number of carbonyl (C=O) groups is 2. The van der Waals surface area contributed by atoms with Gasteiger partial charge < -0.3 is 14.4 Å². The van der Waals surface area contributed by atoms with Crippen molar-refractivity contribution in [3.05, 3.63) is 23.8 Å². The highest BCUT2D eigenvalue weighted by molar-refractivity contribution is 5.98. The number of benzene rings is 1. The standard InChI is InChI=1S/C14H15NO4/c16-11(2-4-14(17)15-5-6-15)10-1-3-12-13(9-10)19-8-7-18-12/h1,3,9H,2,4-8H2. The van der Waals surface area contributed by atoms with Crippen LogP contribution in [0.5, 0.6) is 11.5 Å². The Morgan fingerprint density at radius 1 is 1.05 bits per heavy atom. The highest BCUT2D eigenvalue weighted by Gasteiger charge is 2.24. The van der Waals surface area contributed by atoms with Gasteiger partial charge in [0.1, 0.15) is 13.2 Å². The van der Waals surface area contributed by atoms with Crippen LogP contribution in [0.15, 0.2) is 18.2 Å². The first-order valence-corrected chi connectivity index (χ1v) is 6.45. The molecule has 5 heteroatoms. The van der Waals surface area contributed by atoms with Gasteiger partial charge in [0.2, 0.25) is 5.91 Å². The van der Waals surface area contributed by atoms with Crippen LogP contribution in [0.25, 0.3) is 0 Å². The minimum Gasteiger partial charge on any atom is -0.486 e. The van der Waals surface area contributed by atoms with Gasteiger partial charge in [0.05, 0.1) is 0 Å². The summed E-state index contributed by atoms with van der Waals surface area (Å²) in [6.45, 7) is 2.69. The maximum absolute atomic E-state index is 12.0. The number of fused-ring (bicyclic) bond motifs is 1. The van der Waals surface area contributed by atoms with Crippen molar-refractivity contribution in [2.45, 2.75) is 12.8 Å². The van der Waals surface area contributed by atoms with Crippen LogP contribution in [0.1, 0.15) is 23.2 Å². The van der Waals surface area contributed by atoms with E-state index >= 15 is 0 Å². The number of Topliss-reactive ketones (excluding diaryl/α,β-unsaturated/α-hetero) is 1. The van der Waals surface area contributed by atoms with E-state index in [4.69, 9.17) is 9.47 Å². The molecule has 1 saturated heterocycles. The molecule has 0 spiro atoms. The molecule has 1 amide bonds. The molecule has 3 rings (SSSR count). The Labute approximate surface area is 111 Å². The lowest BCUT2D eigenvalue weighted by Gasteiger charge is -2.18. The summed E-state index contributed by atoms with van der Waals surface area (Å²) >= 11 is 0. The maximum Gasteiger partial charge on any atom is 0.223 e. The van der Waals surface area contributed by atoms with Crippen molar-refractivity contribution in [2.24, 2.45) is 0 Å². The highest BCUT2D eigenvalue weighted by atomic mass is 16.6. The molecule has 1 fully saturated rings. The van der Waals surface area contributed by atoms with E-state index in [1.54, 1.807) is 23.1 Å². The molecule has 1 aromatic rings. The molecule has 0 bridgehead atoms. The van der Waals surface area contributed by atoms with E-state index < -0.39 is 0 Å². The summed E-state index contributed by atoms with van der Waals surface area (Å²) in [7, 11) is 0. The van der Waals surface area contributed by atoms with Crippen molar-refractivity contribution in [1.82, 2.24) is 4.90 Å². The second-order valence-electron chi connectivity index (χ2n) is 4.66. The van der Waals surface area contributed by atoms with Crippen LogP contribution in [0.2, 0.25) is 0 Å². The molecule has 2 aliphatic rings. The molecule has 19 heavy (non-hydrogen) atoms. The van der Waals surface area contributed by atoms with E-state index in [-0.39, 0.29) is 24.5 Å². The predicted molar refractivity (Wildman–Crippen MR) is 67.6 cm³/mol. The van der Waals surface area contributed by atoms with E-state index in [1.165, 1.54) is 0 Å². The van der Waals surface area contributed by atoms with E-state index in [0.29, 0.717) is 30.3 Å². The lowest BCUT2D eigenvalue weighted by molar-refractivity contribution is -0.125. The van der Waals surface area contributed by atoms with E-state index in [2.05, 4.69) is 0 Å². The number of rotatable bonds is 4. The second-order valence-corrected chi connectivity index (χ2v) is 4.66. The van der Waals surface area contributed by atoms with Crippen molar-refractivity contribution in [1.29, 1.82) is 0 Å². The number of hydrogen-bond acceptors (Lipinski definition) is 4. The Morgan fingerprint density at radius 2 is 1.79 bits per heavy atom. The maximum atomic E-state index is 12.0. The van der Waals surface area contributed by atoms with Crippen molar-refractivity contribution < 1.29 is 19.1 Å². The fraction of sp³-hybridized carbons (Fsp3) is 0.429. The number of ether oxygens (including phenoxy) is 2. The second kappa shape index (κ2) is 4.91. The normalized spacial score (nSPS) is 16.1. The molecule has 0 aliphatic carbocycles. The Bertz CT molecular complexity index is 522. The average molecular weight is 261 g/mol. The van der Waals surface area contributed by atoms with Gasteiger partial charge in [-0.15, -0.1) is 0 Å². The zero-order chi connectivity index (χ0) is 13.2. The van der Waals surface area contributed by atoms with Crippen molar-refractivity contribution in [2.75, 3.05) is 26.3 Å². The average Bonchev–Trinajstić information content (AvgIpc) is 3.28. The van der Waals surface area contributed by atoms with Gasteiger partial charge in [0.15, 0.2) is 17.3 Å². The molecule has 0 aromatic heterocycles. The first-order chi connectivity index (χ1) is 9.24. The summed E-state index contributed by atoms with van der Waals surface area (Å²) in [5, 5.41) is 0. The van der Waals surface area contributed by atoms with Gasteiger partial charge in [0.25, 0.3) is 0 Å². The van der Waals surface area contributed by atoms with Crippen molar-refractivity contribution in [3.8, 4) is 11.5 Å². The quantitative estimate of drug-likeness (QED) is 0.605. The lowest BCUT2D eigenvalue weighted by Crippen LogP contribution is -2.16. The van der Waals surface area contributed by atoms with Gasteiger partial charge in [-0.05, 0) is 18.2 Å². The molecular formula is C14H15NO4.